The standard InChI is InChI=1S/C10H15FN2/c1-8(6-12)13-7-9-2-4-10(11)5-3-9/h2-5,8,13H,6-7,12H2,1H3. The summed E-state index contributed by atoms with van der Waals surface area (Å²) in [5.74, 6) is -0.198. The summed E-state index contributed by atoms with van der Waals surface area (Å²) < 4.78 is 12.5. The van der Waals surface area contributed by atoms with Crippen molar-refractivity contribution in [3.63, 3.8) is 0 Å². The van der Waals surface area contributed by atoms with E-state index in [2.05, 4.69) is 5.32 Å². The Balaban J connectivity index is 2.41. The Morgan fingerprint density at radius 1 is 1.38 bits per heavy atom. The molecular formula is C10H15FN2. The minimum Gasteiger partial charge on any atom is -0.329 e. The Labute approximate surface area is 77.9 Å². The number of rotatable bonds is 4. The Hall–Kier alpha value is -0.930. The summed E-state index contributed by atoms with van der Waals surface area (Å²) in [7, 11) is 0. The fourth-order valence-corrected chi connectivity index (χ4v) is 0.978. The molecule has 0 aromatic heterocycles. The van der Waals surface area contributed by atoms with Crippen molar-refractivity contribution < 1.29 is 4.39 Å². The van der Waals surface area contributed by atoms with Gasteiger partial charge in [-0.15, -0.1) is 0 Å². The first-order chi connectivity index (χ1) is 6.22. The van der Waals surface area contributed by atoms with Crippen LogP contribution in [0.15, 0.2) is 24.3 Å². The van der Waals surface area contributed by atoms with Crippen LogP contribution in [0, 0.1) is 5.82 Å². The Bertz CT molecular complexity index is 246. The van der Waals surface area contributed by atoms with Gasteiger partial charge in [-0.2, -0.15) is 0 Å². The summed E-state index contributed by atoms with van der Waals surface area (Å²) in [5.41, 5.74) is 6.51. The van der Waals surface area contributed by atoms with Crippen LogP contribution in [0.5, 0.6) is 0 Å². The molecule has 1 unspecified atom stereocenters. The third-order valence-electron chi connectivity index (χ3n) is 1.92. The maximum Gasteiger partial charge on any atom is 0.123 e. The van der Waals surface area contributed by atoms with Crippen molar-refractivity contribution in [2.75, 3.05) is 6.54 Å². The van der Waals surface area contributed by atoms with E-state index in [9.17, 15) is 4.39 Å². The molecule has 1 aromatic rings. The predicted molar refractivity (Wildman–Crippen MR) is 51.8 cm³/mol. The summed E-state index contributed by atoms with van der Waals surface area (Å²) in [6.45, 7) is 3.36. The first-order valence-corrected chi connectivity index (χ1v) is 4.40. The van der Waals surface area contributed by atoms with Gasteiger partial charge in [-0.1, -0.05) is 12.1 Å². The van der Waals surface area contributed by atoms with Crippen LogP contribution in [0.4, 0.5) is 4.39 Å². The number of nitrogens with two attached hydrogens (primary N) is 1. The molecule has 0 aliphatic heterocycles. The normalized spacial score (nSPS) is 12.8. The van der Waals surface area contributed by atoms with Crippen LogP contribution in [0.3, 0.4) is 0 Å². The van der Waals surface area contributed by atoms with Crippen molar-refractivity contribution in [2.45, 2.75) is 19.5 Å². The molecule has 0 heterocycles. The minimum atomic E-state index is -0.198. The van der Waals surface area contributed by atoms with Gasteiger partial charge in [0.1, 0.15) is 5.82 Å². The van der Waals surface area contributed by atoms with Gasteiger partial charge in [-0.05, 0) is 24.6 Å². The lowest BCUT2D eigenvalue weighted by molar-refractivity contribution is 0.555. The van der Waals surface area contributed by atoms with Gasteiger partial charge in [-0.25, -0.2) is 4.39 Å². The molecule has 0 spiro atoms. The number of hydrogen-bond acceptors (Lipinski definition) is 2. The molecule has 3 N–H and O–H groups in total. The van der Waals surface area contributed by atoms with Gasteiger partial charge in [0.2, 0.25) is 0 Å². The average Bonchev–Trinajstić information content (AvgIpc) is 2.16. The second kappa shape index (κ2) is 4.94. The Kier molecular flexibility index (Phi) is 3.86. The van der Waals surface area contributed by atoms with E-state index in [-0.39, 0.29) is 5.82 Å². The lowest BCUT2D eigenvalue weighted by Crippen LogP contribution is -2.32. The van der Waals surface area contributed by atoms with Crippen LogP contribution in [-0.2, 0) is 6.54 Å². The molecule has 13 heavy (non-hydrogen) atoms. The highest BCUT2D eigenvalue weighted by atomic mass is 19.1. The summed E-state index contributed by atoms with van der Waals surface area (Å²) in [6, 6.07) is 6.76. The number of hydrogen-bond donors (Lipinski definition) is 2. The highest BCUT2D eigenvalue weighted by Gasteiger charge is 1.98. The van der Waals surface area contributed by atoms with Crippen molar-refractivity contribution in [1.82, 2.24) is 5.32 Å². The molecular weight excluding hydrogens is 167 g/mol. The molecule has 0 saturated carbocycles. The molecule has 0 bridgehead atoms. The van der Waals surface area contributed by atoms with Crippen LogP contribution in [-0.4, -0.2) is 12.6 Å². The van der Waals surface area contributed by atoms with E-state index in [0.717, 1.165) is 12.1 Å². The smallest absolute Gasteiger partial charge is 0.123 e. The highest BCUT2D eigenvalue weighted by molar-refractivity contribution is 5.15. The van der Waals surface area contributed by atoms with Crippen molar-refractivity contribution in [2.24, 2.45) is 5.73 Å². The molecule has 2 nitrogen and oxygen atoms in total. The zero-order chi connectivity index (χ0) is 9.68. The third kappa shape index (κ3) is 3.53. The van der Waals surface area contributed by atoms with Crippen molar-refractivity contribution in [1.29, 1.82) is 0 Å². The van der Waals surface area contributed by atoms with E-state index >= 15 is 0 Å². The first kappa shape index (κ1) is 10.2. The van der Waals surface area contributed by atoms with Gasteiger partial charge >= 0.3 is 0 Å². The number of benzene rings is 1. The van der Waals surface area contributed by atoms with Gasteiger partial charge in [0, 0.05) is 19.1 Å². The molecule has 0 radical (unpaired) electrons. The highest BCUT2D eigenvalue weighted by Crippen LogP contribution is 2.02. The number of halogens is 1. The van der Waals surface area contributed by atoms with Crippen LogP contribution in [0.2, 0.25) is 0 Å². The third-order valence-corrected chi connectivity index (χ3v) is 1.92. The molecule has 0 aliphatic rings. The molecule has 1 rings (SSSR count). The first-order valence-electron chi connectivity index (χ1n) is 4.40. The zero-order valence-electron chi connectivity index (χ0n) is 7.76. The van der Waals surface area contributed by atoms with E-state index in [0.29, 0.717) is 12.6 Å². The van der Waals surface area contributed by atoms with Gasteiger partial charge < -0.3 is 11.1 Å². The fourth-order valence-electron chi connectivity index (χ4n) is 0.978. The summed E-state index contributed by atoms with van der Waals surface area (Å²) in [4.78, 5) is 0. The lowest BCUT2D eigenvalue weighted by atomic mass is 10.2. The van der Waals surface area contributed by atoms with E-state index in [1.54, 1.807) is 12.1 Å². The molecule has 0 saturated heterocycles. The molecule has 72 valence electrons. The van der Waals surface area contributed by atoms with E-state index in [4.69, 9.17) is 5.73 Å². The van der Waals surface area contributed by atoms with Gasteiger partial charge in [0.15, 0.2) is 0 Å². The molecule has 1 aromatic carbocycles. The van der Waals surface area contributed by atoms with E-state index in [1.165, 1.54) is 12.1 Å². The molecule has 0 amide bonds. The van der Waals surface area contributed by atoms with Gasteiger partial charge in [0.05, 0.1) is 0 Å². The summed E-state index contributed by atoms with van der Waals surface area (Å²) in [6.07, 6.45) is 0. The molecule has 1 atom stereocenters. The maximum absolute atomic E-state index is 12.5. The molecule has 0 aliphatic carbocycles. The van der Waals surface area contributed by atoms with Crippen molar-refractivity contribution in [3.8, 4) is 0 Å². The second-order valence-corrected chi connectivity index (χ2v) is 3.14. The quantitative estimate of drug-likeness (QED) is 0.735. The van der Waals surface area contributed by atoms with Gasteiger partial charge in [0.25, 0.3) is 0 Å². The summed E-state index contributed by atoms with van der Waals surface area (Å²) >= 11 is 0. The monoisotopic (exact) mass is 182 g/mol. The second-order valence-electron chi connectivity index (χ2n) is 3.14. The number of nitrogens with one attached hydrogen (secondary N) is 1. The lowest BCUT2D eigenvalue weighted by Gasteiger charge is -2.10. The van der Waals surface area contributed by atoms with Crippen LogP contribution >= 0.6 is 0 Å². The summed E-state index contributed by atoms with van der Waals surface area (Å²) in [5, 5.41) is 3.22. The molecule has 3 heteroatoms. The van der Waals surface area contributed by atoms with E-state index in [1.807, 2.05) is 6.92 Å². The fraction of sp³-hybridized carbons (Fsp3) is 0.400. The minimum absolute atomic E-state index is 0.198. The zero-order valence-corrected chi connectivity index (χ0v) is 7.76. The Morgan fingerprint density at radius 3 is 2.54 bits per heavy atom. The van der Waals surface area contributed by atoms with Gasteiger partial charge in [-0.3, -0.25) is 0 Å². The predicted octanol–water partition coefficient (Wildman–Crippen LogP) is 1.26. The van der Waals surface area contributed by atoms with Crippen molar-refractivity contribution >= 4 is 0 Å². The van der Waals surface area contributed by atoms with Crippen LogP contribution in [0.25, 0.3) is 0 Å². The van der Waals surface area contributed by atoms with Crippen molar-refractivity contribution in [3.05, 3.63) is 35.6 Å². The molecule has 0 fully saturated rings. The average molecular weight is 182 g/mol. The topological polar surface area (TPSA) is 38.0 Å². The van der Waals surface area contributed by atoms with Crippen LogP contribution < -0.4 is 11.1 Å². The van der Waals surface area contributed by atoms with Crippen LogP contribution in [0.1, 0.15) is 12.5 Å². The maximum atomic E-state index is 12.5. The van der Waals surface area contributed by atoms with E-state index < -0.39 is 0 Å². The SMILES string of the molecule is CC(CN)NCc1ccc(F)cc1. The largest absolute Gasteiger partial charge is 0.329 e. The Morgan fingerprint density at radius 2 is 2.00 bits per heavy atom.